The molecular weight excluding hydrogens is 388 g/mol. The van der Waals surface area contributed by atoms with Crippen molar-refractivity contribution in [2.75, 3.05) is 7.11 Å². The van der Waals surface area contributed by atoms with Crippen molar-refractivity contribution in [3.8, 4) is 5.75 Å². The Morgan fingerprint density at radius 3 is 2.47 bits per heavy atom. The second-order valence-electron chi connectivity index (χ2n) is 8.80. The van der Waals surface area contributed by atoms with Gasteiger partial charge in [-0.1, -0.05) is 20.8 Å². The highest BCUT2D eigenvalue weighted by atomic mass is 16.6. The van der Waals surface area contributed by atoms with E-state index in [-0.39, 0.29) is 18.0 Å². The average molecular weight is 414 g/mol. The van der Waals surface area contributed by atoms with E-state index < -0.39 is 22.4 Å². The molecule has 7 nitrogen and oxygen atoms in total. The van der Waals surface area contributed by atoms with Crippen molar-refractivity contribution in [1.82, 2.24) is 0 Å². The molecule has 30 heavy (non-hydrogen) atoms. The largest absolute Gasteiger partial charge is 0.496 e. The zero-order valence-corrected chi connectivity index (χ0v) is 17.9. The molecule has 1 aromatic carbocycles. The predicted molar refractivity (Wildman–Crippen MR) is 108 cm³/mol. The third-order valence-corrected chi connectivity index (χ3v) is 7.34. The van der Waals surface area contributed by atoms with Crippen LogP contribution < -0.4 is 10.2 Å². The fourth-order valence-electron chi connectivity index (χ4n) is 4.76. The number of esters is 2. The maximum absolute atomic E-state index is 13.2. The lowest BCUT2D eigenvalue weighted by molar-refractivity contribution is -0.184. The monoisotopic (exact) mass is 414 g/mol. The molecule has 2 aromatic rings. The van der Waals surface area contributed by atoms with Crippen LogP contribution in [0.25, 0.3) is 11.0 Å². The summed E-state index contributed by atoms with van der Waals surface area (Å²) in [5.41, 5.74) is -2.09. The van der Waals surface area contributed by atoms with E-state index in [2.05, 4.69) is 0 Å². The van der Waals surface area contributed by atoms with Gasteiger partial charge in [0.05, 0.1) is 23.5 Å². The molecule has 1 aliphatic carbocycles. The average Bonchev–Trinajstić information content (AvgIpc) is 3.01. The lowest BCUT2D eigenvalue weighted by Gasteiger charge is -2.34. The normalized spacial score (nSPS) is 26.6. The van der Waals surface area contributed by atoms with E-state index in [1.165, 1.54) is 13.2 Å². The van der Waals surface area contributed by atoms with E-state index in [1.54, 1.807) is 12.1 Å². The molecule has 1 aliphatic heterocycles. The van der Waals surface area contributed by atoms with Gasteiger partial charge in [0.2, 0.25) is 5.60 Å². The smallest absolute Gasteiger partial charge is 0.351 e. The van der Waals surface area contributed by atoms with Crippen LogP contribution in [0.3, 0.4) is 0 Å². The number of fused-ring (bicyclic) bond motifs is 3. The van der Waals surface area contributed by atoms with Gasteiger partial charge in [0.1, 0.15) is 23.7 Å². The van der Waals surface area contributed by atoms with E-state index >= 15 is 0 Å². The molecule has 0 radical (unpaired) electrons. The summed E-state index contributed by atoms with van der Waals surface area (Å²) < 4.78 is 22.6. The van der Waals surface area contributed by atoms with Gasteiger partial charge in [-0.25, -0.2) is 4.79 Å². The van der Waals surface area contributed by atoms with Crippen LogP contribution in [-0.4, -0.2) is 24.6 Å². The third kappa shape index (κ3) is 2.47. The molecule has 160 valence electrons. The highest BCUT2D eigenvalue weighted by Crippen LogP contribution is 2.65. The van der Waals surface area contributed by atoms with Crippen molar-refractivity contribution in [3.05, 3.63) is 39.7 Å². The second-order valence-corrected chi connectivity index (χ2v) is 8.80. The number of ether oxygens (including phenoxy) is 3. The summed E-state index contributed by atoms with van der Waals surface area (Å²) in [5.74, 6) is 0.0274. The quantitative estimate of drug-likeness (QED) is 0.691. The maximum atomic E-state index is 13.2. The molecule has 2 aliphatic rings. The van der Waals surface area contributed by atoms with Crippen molar-refractivity contribution >= 4 is 22.9 Å². The fourth-order valence-corrected chi connectivity index (χ4v) is 4.76. The summed E-state index contributed by atoms with van der Waals surface area (Å²) in [7, 11) is 1.50. The van der Waals surface area contributed by atoms with Gasteiger partial charge in [0.25, 0.3) is 0 Å². The van der Waals surface area contributed by atoms with Crippen molar-refractivity contribution in [2.24, 2.45) is 10.8 Å². The zero-order chi connectivity index (χ0) is 21.9. The molecule has 0 amide bonds. The highest BCUT2D eigenvalue weighted by Gasteiger charge is 2.76. The van der Waals surface area contributed by atoms with Gasteiger partial charge in [0.15, 0.2) is 5.43 Å². The minimum atomic E-state index is -1.31. The molecule has 7 heteroatoms. The number of rotatable bonds is 5. The Morgan fingerprint density at radius 2 is 1.90 bits per heavy atom. The third-order valence-electron chi connectivity index (χ3n) is 7.34. The summed E-state index contributed by atoms with van der Waals surface area (Å²) in [4.78, 5) is 38.1. The van der Waals surface area contributed by atoms with Crippen LogP contribution in [0.1, 0.15) is 51.9 Å². The fraction of sp³-hybridized carbons (Fsp3) is 0.522. The van der Waals surface area contributed by atoms with Gasteiger partial charge in [0, 0.05) is 17.9 Å². The van der Waals surface area contributed by atoms with Crippen LogP contribution in [-0.2, 0) is 32.1 Å². The Labute approximate surface area is 174 Å². The first-order chi connectivity index (χ1) is 14.1. The molecule has 2 heterocycles. The van der Waals surface area contributed by atoms with Gasteiger partial charge < -0.3 is 18.6 Å². The molecule has 2 fully saturated rings. The van der Waals surface area contributed by atoms with E-state index in [0.717, 1.165) is 0 Å². The summed E-state index contributed by atoms with van der Waals surface area (Å²) in [6, 6.07) is 4.75. The van der Waals surface area contributed by atoms with E-state index in [1.807, 2.05) is 27.7 Å². The van der Waals surface area contributed by atoms with Crippen LogP contribution in [0.5, 0.6) is 5.75 Å². The number of hydrogen-bond donors (Lipinski definition) is 0. The van der Waals surface area contributed by atoms with Crippen molar-refractivity contribution in [2.45, 2.75) is 59.2 Å². The van der Waals surface area contributed by atoms with E-state index in [9.17, 15) is 14.4 Å². The number of aryl methyl sites for hydroxylation is 1. The first-order valence-electron chi connectivity index (χ1n) is 10.1. The van der Waals surface area contributed by atoms with Crippen LogP contribution >= 0.6 is 0 Å². The maximum Gasteiger partial charge on any atom is 0.351 e. The molecule has 0 N–H and O–H groups in total. The van der Waals surface area contributed by atoms with Crippen LogP contribution in [0.4, 0.5) is 0 Å². The van der Waals surface area contributed by atoms with E-state index in [0.29, 0.717) is 47.3 Å². The van der Waals surface area contributed by atoms with Crippen molar-refractivity contribution < 1.29 is 28.2 Å². The van der Waals surface area contributed by atoms with Crippen molar-refractivity contribution in [3.63, 3.8) is 0 Å². The molecule has 1 aromatic heterocycles. The molecule has 2 bridgehead atoms. The molecule has 0 spiro atoms. The Balaban J connectivity index is 1.71. The molecule has 1 saturated carbocycles. The Hall–Kier alpha value is -2.83. The first-order valence-corrected chi connectivity index (χ1v) is 10.1. The number of benzene rings is 1. The van der Waals surface area contributed by atoms with Crippen molar-refractivity contribution in [1.29, 1.82) is 0 Å². The SMILES string of the molecule is CCc1cc(=O)c2ccc(OC)c(COC(=O)C34CCC(C)(C(=O)O3)C4(C)C)c2o1. The number of hydrogen-bond acceptors (Lipinski definition) is 7. The summed E-state index contributed by atoms with van der Waals surface area (Å²) in [5, 5.41) is 0.387. The van der Waals surface area contributed by atoms with Gasteiger partial charge in [-0.3, -0.25) is 9.59 Å². The van der Waals surface area contributed by atoms with E-state index in [4.69, 9.17) is 18.6 Å². The molecule has 1 saturated heterocycles. The van der Waals surface area contributed by atoms with Gasteiger partial charge >= 0.3 is 11.9 Å². The van der Waals surface area contributed by atoms with Gasteiger partial charge in [-0.05, 0) is 31.9 Å². The summed E-state index contributed by atoms with van der Waals surface area (Å²) >= 11 is 0. The van der Waals surface area contributed by atoms with Crippen LogP contribution in [0.2, 0.25) is 0 Å². The lowest BCUT2D eigenvalue weighted by Crippen LogP contribution is -2.48. The summed E-state index contributed by atoms with van der Waals surface area (Å²) in [6.07, 6.45) is 1.54. The Morgan fingerprint density at radius 1 is 1.17 bits per heavy atom. The highest BCUT2D eigenvalue weighted by molar-refractivity contribution is 5.93. The standard InChI is InChI=1S/C23H26O7/c1-6-13-11-16(24)14-7-8-17(27-5)15(18(14)29-13)12-28-20(26)23-10-9-22(4,19(25)30-23)21(23,2)3/h7-8,11H,6,9-10,12H2,1-5H3. The second kappa shape index (κ2) is 6.59. The number of carbonyl (C=O) groups excluding carboxylic acids is 2. The minimum Gasteiger partial charge on any atom is -0.496 e. The topological polar surface area (TPSA) is 92.0 Å². The first kappa shape index (κ1) is 20.4. The Bertz CT molecular complexity index is 1110. The molecular formula is C23H26O7. The predicted octanol–water partition coefficient (Wildman–Crippen LogP) is 3.53. The number of methoxy groups -OCH3 is 1. The number of carbonyl (C=O) groups is 2. The van der Waals surface area contributed by atoms with Crippen LogP contribution in [0.15, 0.2) is 27.4 Å². The van der Waals surface area contributed by atoms with Crippen LogP contribution in [0, 0.1) is 10.8 Å². The minimum absolute atomic E-state index is 0.165. The lowest BCUT2D eigenvalue weighted by atomic mass is 9.66. The zero-order valence-electron chi connectivity index (χ0n) is 17.9. The summed E-state index contributed by atoms with van der Waals surface area (Å²) in [6.45, 7) is 7.30. The molecule has 2 unspecified atom stereocenters. The molecule has 2 atom stereocenters. The van der Waals surface area contributed by atoms with Gasteiger partial charge in [-0.2, -0.15) is 0 Å². The van der Waals surface area contributed by atoms with Gasteiger partial charge in [-0.15, -0.1) is 0 Å². The Kier molecular flexibility index (Phi) is 4.49. The molecule has 4 rings (SSSR count).